The first-order chi connectivity index (χ1) is 15.9. The van der Waals surface area contributed by atoms with Crippen LogP contribution in [0.15, 0.2) is 29.1 Å². The third-order valence-corrected chi connectivity index (χ3v) is 7.97. The number of hydrogen-bond acceptors (Lipinski definition) is 6. The number of carbonyl (C=O) groups is 1. The number of amides is 1. The van der Waals surface area contributed by atoms with Gasteiger partial charge in [0.1, 0.15) is 0 Å². The first-order valence-corrected chi connectivity index (χ1v) is 13.6. The molecule has 11 heteroatoms. The van der Waals surface area contributed by atoms with E-state index in [0.717, 1.165) is 19.3 Å². The van der Waals surface area contributed by atoms with E-state index in [2.05, 4.69) is 14.9 Å². The molecule has 1 saturated carbocycles. The van der Waals surface area contributed by atoms with Crippen molar-refractivity contribution in [1.82, 2.24) is 24.1 Å². The van der Waals surface area contributed by atoms with Crippen LogP contribution in [0, 0.1) is 10.8 Å². The van der Waals surface area contributed by atoms with Gasteiger partial charge in [-0.2, -0.15) is 0 Å². The molecule has 1 aromatic carbocycles. The zero-order valence-corrected chi connectivity index (χ0v) is 21.2. The van der Waals surface area contributed by atoms with Crippen molar-refractivity contribution >= 4 is 27.1 Å². The fourth-order valence-electron chi connectivity index (χ4n) is 4.94. The molecule has 0 bridgehead atoms. The standard InChI is InChI=1S/C23H35N5O5S/c1-22(2,3)23(16-24-34(4,31)32)15-19(23)25-20(29)28-18-8-6-5-7-17(18)27(21(28)30)10-9-26-11-13-33-14-12-26/h5-8,19,24H,9-16H2,1-4H3,(H,25,29). The maximum absolute atomic E-state index is 13.4. The average molecular weight is 494 g/mol. The Morgan fingerprint density at radius 2 is 1.79 bits per heavy atom. The fourth-order valence-corrected chi connectivity index (χ4v) is 5.46. The number of imidazole rings is 1. The lowest BCUT2D eigenvalue weighted by molar-refractivity contribution is 0.0364. The van der Waals surface area contributed by atoms with E-state index in [1.165, 1.54) is 4.57 Å². The number of para-hydroxylation sites is 2. The topological polar surface area (TPSA) is 115 Å². The Labute approximate surface area is 200 Å². The Bertz CT molecular complexity index is 1220. The van der Waals surface area contributed by atoms with E-state index >= 15 is 0 Å². The van der Waals surface area contributed by atoms with Crippen LogP contribution in [0.4, 0.5) is 4.79 Å². The predicted molar refractivity (Wildman–Crippen MR) is 131 cm³/mol. The molecule has 1 aliphatic carbocycles. The van der Waals surface area contributed by atoms with E-state index in [9.17, 15) is 18.0 Å². The van der Waals surface area contributed by atoms with Crippen molar-refractivity contribution in [3.05, 3.63) is 34.7 Å². The van der Waals surface area contributed by atoms with E-state index in [4.69, 9.17) is 4.74 Å². The third-order valence-electron chi connectivity index (χ3n) is 7.30. The molecule has 0 radical (unpaired) electrons. The highest BCUT2D eigenvalue weighted by molar-refractivity contribution is 7.88. The molecule has 2 aromatic rings. The van der Waals surface area contributed by atoms with Gasteiger partial charge in [0.05, 0.1) is 30.5 Å². The minimum Gasteiger partial charge on any atom is -0.379 e. The molecule has 2 aliphatic rings. The Balaban J connectivity index is 1.56. The van der Waals surface area contributed by atoms with E-state index in [1.54, 1.807) is 10.6 Å². The highest BCUT2D eigenvalue weighted by atomic mass is 32.2. The van der Waals surface area contributed by atoms with Gasteiger partial charge in [-0.25, -0.2) is 27.3 Å². The number of ether oxygens (including phenoxy) is 1. The third kappa shape index (κ3) is 4.93. The van der Waals surface area contributed by atoms with Gasteiger partial charge in [0.25, 0.3) is 0 Å². The smallest absolute Gasteiger partial charge is 0.337 e. The minimum absolute atomic E-state index is 0.233. The molecule has 2 unspecified atom stereocenters. The van der Waals surface area contributed by atoms with Crippen LogP contribution in [-0.2, 0) is 21.3 Å². The molecule has 1 saturated heterocycles. The van der Waals surface area contributed by atoms with Gasteiger partial charge in [-0.15, -0.1) is 0 Å². The van der Waals surface area contributed by atoms with Crippen molar-refractivity contribution in [2.24, 2.45) is 10.8 Å². The van der Waals surface area contributed by atoms with Gasteiger partial charge in [-0.1, -0.05) is 32.9 Å². The van der Waals surface area contributed by atoms with Crippen LogP contribution in [0.5, 0.6) is 0 Å². The monoisotopic (exact) mass is 493 g/mol. The van der Waals surface area contributed by atoms with Crippen molar-refractivity contribution in [2.45, 2.75) is 39.8 Å². The molecule has 10 nitrogen and oxygen atoms in total. The van der Waals surface area contributed by atoms with Gasteiger partial charge in [0.15, 0.2) is 0 Å². The van der Waals surface area contributed by atoms with Crippen molar-refractivity contribution in [1.29, 1.82) is 0 Å². The maximum atomic E-state index is 13.4. The summed E-state index contributed by atoms with van der Waals surface area (Å²) >= 11 is 0. The number of fused-ring (bicyclic) bond motifs is 1. The molecule has 34 heavy (non-hydrogen) atoms. The van der Waals surface area contributed by atoms with Gasteiger partial charge >= 0.3 is 11.7 Å². The van der Waals surface area contributed by atoms with Crippen molar-refractivity contribution < 1.29 is 17.9 Å². The number of rotatable bonds is 7. The second-order valence-electron chi connectivity index (χ2n) is 10.4. The average Bonchev–Trinajstić information content (AvgIpc) is 3.40. The highest BCUT2D eigenvalue weighted by Gasteiger charge is 2.61. The van der Waals surface area contributed by atoms with Gasteiger partial charge in [0.2, 0.25) is 10.0 Å². The SMILES string of the molecule is CC(C)(C)C1(CNS(C)(=O)=O)CC1NC(=O)n1c(=O)n(CCN2CCOCC2)c2ccccc21. The van der Waals surface area contributed by atoms with Crippen LogP contribution in [0.25, 0.3) is 11.0 Å². The number of nitrogens with zero attached hydrogens (tertiary/aromatic N) is 3. The lowest BCUT2D eigenvalue weighted by Gasteiger charge is -2.32. The van der Waals surface area contributed by atoms with Gasteiger partial charge in [-0.3, -0.25) is 9.47 Å². The maximum Gasteiger partial charge on any atom is 0.337 e. The quantitative estimate of drug-likeness (QED) is 0.596. The highest BCUT2D eigenvalue weighted by Crippen LogP contribution is 2.58. The van der Waals surface area contributed by atoms with Gasteiger partial charge in [0, 0.05) is 44.2 Å². The Morgan fingerprint density at radius 1 is 1.15 bits per heavy atom. The number of carbonyl (C=O) groups excluding carboxylic acids is 1. The number of benzene rings is 1. The normalized spacial score (nSPS) is 23.8. The summed E-state index contributed by atoms with van der Waals surface area (Å²) in [6.07, 6.45) is 1.76. The number of hydrogen-bond donors (Lipinski definition) is 2. The second-order valence-corrected chi connectivity index (χ2v) is 12.3. The molecule has 188 valence electrons. The molecule has 2 atom stereocenters. The summed E-state index contributed by atoms with van der Waals surface area (Å²) in [6.45, 7) is 10.5. The van der Waals surface area contributed by atoms with E-state index in [1.807, 2.05) is 39.0 Å². The van der Waals surface area contributed by atoms with Crippen LogP contribution in [0.2, 0.25) is 0 Å². The Morgan fingerprint density at radius 3 is 2.41 bits per heavy atom. The van der Waals surface area contributed by atoms with Gasteiger partial charge in [-0.05, 0) is 24.0 Å². The molecule has 4 rings (SSSR count). The first-order valence-electron chi connectivity index (χ1n) is 11.7. The number of sulfonamides is 1. The van der Waals surface area contributed by atoms with Crippen LogP contribution in [0.1, 0.15) is 27.2 Å². The second kappa shape index (κ2) is 9.10. The number of morpholine rings is 1. The summed E-state index contributed by atoms with van der Waals surface area (Å²) in [5.41, 5.74) is 0.225. The predicted octanol–water partition coefficient (Wildman–Crippen LogP) is 1.05. The fraction of sp³-hybridized carbons (Fsp3) is 0.652. The summed E-state index contributed by atoms with van der Waals surface area (Å²) in [5.74, 6) is 0. The Hall–Kier alpha value is -2.21. The van der Waals surface area contributed by atoms with Crippen LogP contribution >= 0.6 is 0 Å². The molecule has 2 heterocycles. The van der Waals surface area contributed by atoms with Gasteiger partial charge < -0.3 is 10.1 Å². The van der Waals surface area contributed by atoms with Crippen molar-refractivity contribution in [3.8, 4) is 0 Å². The summed E-state index contributed by atoms with van der Waals surface area (Å²) in [6, 6.07) is 6.57. The van der Waals surface area contributed by atoms with E-state index in [-0.39, 0.29) is 23.7 Å². The molecular formula is C23H35N5O5S. The van der Waals surface area contributed by atoms with Crippen molar-refractivity contribution in [3.63, 3.8) is 0 Å². The molecule has 2 fully saturated rings. The van der Waals surface area contributed by atoms with E-state index < -0.39 is 21.5 Å². The lowest BCUT2D eigenvalue weighted by atomic mass is 9.77. The van der Waals surface area contributed by atoms with Crippen molar-refractivity contribution in [2.75, 3.05) is 45.6 Å². The summed E-state index contributed by atoms with van der Waals surface area (Å²) in [4.78, 5) is 28.9. The number of nitrogens with one attached hydrogen (secondary N) is 2. The van der Waals surface area contributed by atoms with Crippen LogP contribution in [0.3, 0.4) is 0 Å². The zero-order chi connectivity index (χ0) is 24.7. The molecule has 1 aromatic heterocycles. The van der Waals surface area contributed by atoms with Crippen LogP contribution in [-0.4, -0.2) is 80.2 Å². The molecule has 1 amide bonds. The molecule has 1 aliphatic heterocycles. The molecular weight excluding hydrogens is 458 g/mol. The molecule has 0 spiro atoms. The summed E-state index contributed by atoms with van der Waals surface area (Å²) in [5, 5.41) is 3.00. The summed E-state index contributed by atoms with van der Waals surface area (Å²) < 4.78 is 34.2. The zero-order valence-electron chi connectivity index (χ0n) is 20.3. The van der Waals surface area contributed by atoms with E-state index in [0.29, 0.717) is 43.8 Å². The number of aromatic nitrogens is 2. The minimum atomic E-state index is -3.36. The first kappa shape index (κ1) is 24.9. The lowest BCUT2D eigenvalue weighted by Crippen LogP contribution is -2.45. The largest absolute Gasteiger partial charge is 0.379 e. The van der Waals surface area contributed by atoms with Crippen LogP contribution < -0.4 is 15.7 Å². The Kier molecular flexibility index (Phi) is 6.67. The molecule has 2 N–H and O–H groups in total. The summed E-state index contributed by atoms with van der Waals surface area (Å²) in [7, 11) is -3.36.